The molecule has 1 saturated heterocycles. The average molecular weight is 252 g/mol. The molecule has 1 aliphatic heterocycles. The first-order valence-corrected chi connectivity index (χ1v) is 5.85. The predicted octanol–water partition coefficient (Wildman–Crippen LogP) is 2.19. The number of rotatable bonds is 3. The molecule has 1 N–H and O–H groups in total. The Balaban J connectivity index is 2.20. The summed E-state index contributed by atoms with van der Waals surface area (Å²) in [6.45, 7) is 2.39. The van der Waals surface area contributed by atoms with Gasteiger partial charge in [0.25, 0.3) is 0 Å². The maximum Gasteiger partial charge on any atom is 0.150 e. The smallest absolute Gasteiger partial charge is 0.150 e. The minimum absolute atomic E-state index is 0.0434. The molecule has 0 aromatic heterocycles. The molecule has 0 unspecified atom stereocenters. The van der Waals surface area contributed by atoms with Gasteiger partial charge in [0.2, 0.25) is 0 Å². The molecule has 0 amide bonds. The number of nitriles is 1. The topological polar surface area (TPSA) is 47.3 Å². The van der Waals surface area contributed by atoms with Crippen molar-refractivity contribution < 1.29 is 13.9 Å². The van der Waals surface area contributed by atoms with E-state index in [-0.39, 0.29) is 24.3 Å². The fourth-order valence-corrected chi connectivity index (χ4v) is 2.38. The molecule has 3 nitrogen and oxygen atoms in total. The van der Waals surface area contributed by atoms with Gasteiger partial charge in [-0.2, -0.15) is 5.26 Å². The second kappa shape index (κ2) is 4.54. The molecule has 0 bridgehead atoms. The van der Waals surface area contributed by atoms with Crippen LogP contribution in [0.1, 0.15) is 25.3 Å². The van der Waals surface area contributed by atoms with Crippen molar-refractivity contribution in [3.05, 3.63) is 29.3 Å². The summed E-state index contributed by atoms with van der Waals surface area (Å²) >= 11 is 0. The molecule has 1 aliphatic rings. The first-order valence-electron chi connectivity index (χ1n) is 5.85. The monoisotopic (exact) mass is 252 g/mol. The van der Waals surface area contributed by atoms with Crippen LogP contribution in [-0.2, 0) is 0 Å². The molecule has 0 aliphatic carbocycles. The summed E-state index contributed by atoms with van der Waals surface area (Å²) in [5, 5.41) is 18.6. The highest BCUT2D eigenvalue weighted by Crippen LogP contribution is 2.34. The van der Waals surface area contributed by atoms with Gasteiger partial charge in [-0.25, -0.2) is 8.78 Å². The van der Waals surface area contributed by atoms with Crippen LogP contribution in [0.3, 0.4) is 0 Å². The van der Waals surface area contributed by atoms with Crippen molar-refractivity contribution in [2.45, 2.75) is 25.4 Å². The first-order chi connectivity index (χ1) is 8.49. The maximum absolute atomic E-state index is 13.7. The van der Waals surface area contributed by atoms with E-state index in [9.17, 15) is 13.9 Å². The number of nitrogens with zero attached hydrogens (tertiary/aromatic N) is 2. The summed E-state index contributed by atoms with van der Waals surface area (Å²) in [6.07, 6.45) is 1.44. The average Bonchev–Trinajstić information content (AvgIpc) is 2.26. The SMILES string of the molecule is CCCC1(O)CN(c2c(F)cc(C#N)cc2F)C1. The van der Waals surface area contributed by atoms with Crippen molar-refractivity contribution in [2.75, 3.05) is 18.0 Å². The van der Waals surface area contributed by atoms with Gasteiger partial charge in [0.05, 0.1) is 17.2 Å². The van der Waals surface area contributed by atoms with Gasteiger partial charge < -0.3 is 10.0 Å². The Morgan fingerprint density at radius 2 is 1.94 bits per heavy atom. The minimum Gasteiger partial charge on any atom is -0.386 e. The Morgan fingerprint density at radius 1 is 1.39 bits per heavy atom. The van der Waals surface area contributed by atoms with E-state index in [0.717, 1.165) is 18.6 Å². The van der Waals surface area contributed by atoms with Crippen molar-refractivity contribution in [2.24, 2.45) is 0 Å². The van der Waals surface area contributed by atoms with Gasteiger partial charge in [0.15, 0.2) is 11.6 Å². The van der Waals surface area contributed by atoms with E-state index in [4.69, 9.17) is 5.26 Å². The quantitative estimate of drug-likeness (QED) is 0.897. The lowest BCUT2D eigenvalue weighted by Gasteiger charge is -2.48. The van der Waals surface area contributed by atoms with Crippen molar-refractivity contribution >= 4 is 5.69 Å². The van der Waals surface area contributed by atoms with Gasteiger partial charge in [0.1, 0.15) is 5.69 Å². The number of hydrogen-bond acceptors (Lipinski definition) is 3. The van der Waals surface area contributed by atoms with Crippen LogP contribution in [0.4, 0.5) is 14.5 Å². The lowest BCUT2D eigenvalue weighted by atomic mass is 9.88. The maximum atomic E-state index is 13.7. The van der Waals surface area contributed by atoms with E-state index < -0.39 is 17.2 Å². The third-order valence-corrected chi connectivity index (χ3v) is 3.15. The summed E-state index contributed by atoms with van der Waals surface area (Å²) in [4.78, 5) is 1.46. The Labute approximate surface area is 104 Å². The molecule has 1 aromatic carbocycles. The highest BCUT2D eigenvalue weighted by Gasteiger charge is 2.42. The summed E-state index contributed by atoms with van der Waals surface area (Å²) < 4.78 is 27.4. The van der Waals surface area contributed by atoms with Crippen molar-refractivity contribution in [3.8, 4) is 6.07 Å². The first kappa shape index (κ1) is 12.8. The molecule has 0 saturated carbocycles. The number of hydrogen-bond donors (Lipinski definition) is 1. The molecule has 18 heavy (non-hydrogen) atoms. The molecule has 0 spiro atoms. The number of β-amino-alcohol motifs (C(OH)–C–C–N with tert-alkyl or cyclic N) is 1. The van der Waals surface area contributed by atoms with Crippen LogP contribution in [0.15, 0.2) is 12.1 Å². The van der Waals surface area contributed by atoms with Crippen LogP contribution in [0.5, 0.6) is 0 Å². The molecule has 96 valence electrons. The standard InChI is InChI=1S/C13H14F2N2O/c1-2-3-13(18)7-17(8-13)12-10(14)4-9(6-16)5-11(12)15/h4-5,18H,2-3,7-8H2,1H3. The molecular weight excluding hydrogens is 238 g/mol. The second-order valence-electron chi connectivity index (χ2n) is 4.73. The third kappa shape index (κ3) is 2.16. The summed E-state index contributed by atoms with van der Waals surface area (Å²) in [5.74, 6) is -1.52. The largest absolute Gasteiger partial charge is 0.386 e. The van der Waals surface area contributed by atoms with Gasteiger partial charge in [0, 0.05) is 13.1 Å². The molecular formula is C13H14F2N2O. The third-order valence-electron chi connectivity index (χ3n) is 3.15. The minimum atomic E-state index is -0.846. The predicted molar refractivity (Wildman–Crippen MR) is 63.1 cm³/mol. The summed E-state index contributed by atoms with van der Waals surface area (Å²) in [7, 11) is 0. The zero-order valence-corrected chi connectivity index (χ0v) is 10.1. The highest BCUT2D eigenvalue weighted by molar-refractivity contribution is 5.55. The van der Waals surface area contributed by atoms with Gasteiger partial charge in [-0.1, -0.05) is 13.3 Å². The van der Waals surface area contributed by atoms with E-state index in [0.29, 0.717) is 6.42 Å². The van der Waals surface area contributed by atoms with Crippen molar-refractivity contribution in [1.82, 2.24) is 0 Å². The van der Waals surface area contributed by atoms with E-state index in [1.54, 1.807) is 6.07 Å². The van der Waals surface area contributed by atoms with Crippen LogP contribution < -0.4 is 4.90 Å². The Morgan fingerprint density at radius 3 is 2.39 bits per heavy atom. The van der Waals surface area contributed by atoms with Crippen LogP contribution in [0.2, 0.25) is 0 Å². The Bertz CT molecular complexity index is 481. The molecule has 2 rings (SSSR count). The van der Waals surface area contributed by atoms with Gasteiger partial charge in [-0.05, 0) is 18.6 Å². The summed E-state index contributed by atoms with van der Waals surface area (Å²) in [5.41, 5.74) is -1.05. The van der Waals surface area contributed by atoms with E-state index in [1.165, 1.54) is 4.90 Å². The fraction of sp³-hybridized carbons (Fsp3) is 0.462. The fourth-order valence-electron chi connectivity index (χ4n) is 2.38. The molecule has 1 heterocycles. The van der Waals surface area contributed by atoms with Gasteiger partial charge in [-0.15, -0.1) is 0 Å². The van der Waals surface area contributed by atoms with E-state index >= 15 is 0 Å². The number of halogens is 2. The number of benzene rings is 1. The van der Waals surface area contributed by atoms with Crippen LogP contribution >= 0.6 is 0 Å². The normalized spacial score (nSPS) is 17.2. The van der Waals surface area contributed by atoms with Crippen LogP contribution in [0.25, 0.3) is 0 Å². The molecule has 5 heteroatoms. The highest BCUT2D eigenvalue weighted by atomic mass is 19.1. The zero-order valence-electron chi connectivity index (χ0n) is 10.1. The van der Waals surface area contributed by atoms with E-state index in [2.05, 4.69) is 0 Å². The Kier molecular flexibility index (Phi) is 3.22. The number of aliphatic hydroxyl groups is 1. The zero-order chi connectivity index (χ0) is 13.3. The lowest BCUT2D eigenvalue weighted by molar-refractivity contribution is 0.00271. The second-order valence-corrected chi connectivity index (χ2v) is 4.73. The molecule has 0 atom stereocenters. The molecule has 0 radical (unpaired) electrons. The van der Waals surface area contributed by atoms with Crippen LogP contribution in [0, 0.1) is 23.0 Å². The lowest BCUT2D eigenvalue weighted by Crippen LogP contribution is -2.62. The van der Waals surface area contributed by atoms with Gasteiger partial charge >= 0.3 is 0 Å². The van der Waals surface area contributed by atoms with E-state index in [1.807, 2.05) is 6.92 Å². The Hall–Kier alpha value is -1.67. The molecule has 1 fully saturated rings. The van der Waals surface area contributed by atoms with Crippen molar-refractivity contribution in [3.63, 3.8) is 0 Å². The van der Waals surface area contributed by atoms with Crippen molar-refractivity contribution in [1.29, 1.82) is 5.26 Å². The van der Waals surface area contributed by atoms with Crippen LogP contribution in [-0.4, -0.2) is 23.8 Å². The number of anilines is 1. The molecule has 1 aromatic rings. The van der Waals surface area contributed by atoms with Gasteiger partial charge in [-0.3, -0.25) is 0 Å². The summed E-state index contributed by atoms with van der Waals surface area (Å²) in [6, 6.07) is 3.72.